The summed E-state index contributed by atoms with van der Waals surface area (Å²) in [6.07, 6.45) is 1.84. The molecule has 1 aromatic rings. The highest BCUT2D eigenvalue weighted by Crippen LogP contribution is 2.33. The van der Waals surface area contributed by atoms with Crippen molar-refractivity contribution < 1.29 is 9.53 Å². The Kier molecular flexibility index (Phi) is 4.20. The predicted molar refractivity (Wildman–Crippen MR) is 70.6 cm³/mol. The molecule has 0 saturated carbocycles. The third kappa shape index (κ3) is 2.82. The molecular weight excluding hydrogens is 228 g/mol. The minimum atomic E-state index is -0.179. The summed E-state index contributed by atoms with van der Waals surface area (Å²) in [6.45, 7) is 3.11. The maximum absolute atomic E-state index is 12.2. The summed E-state index contributed by atoms with van der Waals surface area (Å²) in [5.74, 6) is 0.693. The van der Waals surface area contributed by atoms with Crippen LogP contribution < -0.4 is 15.8 Å². The number of ether oxygens (including phenoxy) is 1. The molecule has 18 heavy (non-hydrogen) atoms. The molecule has 0 saturated heterocycles. The average molecular weight is 248 g/mol. The molecule has 4 nitrogen and oxygen atoms in total. The molecule has 1 aromatic carbocycles. The van der Waals surface area contributed by atoms with Gasteiger partial charge in [0.2, 0.25) is 5.91 Å². The van der Waals surface area contributed by atoms with E-state index < -0.39 is 0 Å². The second kappa shape index (κ2) is 5.87. The lowest BCUT2D eigenvalue weighted by atomic mass is 10.00. The Hall–Kier alpha value is -1.55. The zero-order valence-corrected chi connectivity index (χ0v) is 10.7. The van der Waals surface area contributed by atoms with Gasteiger partial charge in [0, 0.05) is 11.6 Å². The summed E-state index contributed by atoms with van der Waals surface area (Å²) in [5, 5.41) is 3.02. The van der Waals surface area contributed by atoms with Crippen LogP contribution in [0.4, 0.5) is 0 Å². The van der Waals surface area contributed by atoms with Gasteiger partial charge in [-0.1, -0.05) is 18.2 Å². The highest BCUT2D eigenvalue weighted by Gasteiger charge is 2.30. The first-order chi connectivity index (χ1) is 8.72. The van der Waals surface area contributed by atoms with Crippen molar-refractivity contribution in [2.75, 3.05) is 13.2 Å². The number of rotatable bonds is 5. The zero-order valence-electron chi connectivity index (χ0n) is 10.7. The van der Waals surface area contributed by atoms with Gasteiger partial charge in [0.15, 0.2) is 0 Å². The number of amides is 1. The first-order valence-electron chi connectivity index (χ1n) is 6.44. The van der Waals surface area contributed by atoms with Crippen molar-refractivity contribution in [2.24, 2.45) is 5.73 Å². The van der Waals surface area contributed by atoms with E-state index in [9.17, 15) is 4.79 Å². The lowest BCUT2D eigenvalue weighted by Crippen LogP contribution is -2.37. The molecule has 98 valence electrons. The standard InChI is InChI=1S/C14H20N2O2/c1-10(5-4-8-15)16-14(17)12-9-18-13-7-3-2-6-11(12)13/h2-3,6-7,10,12H,4-5,8-9,15H2,1H3,(H,16,17). The van der Waals surface area contributed by atoms with Crippen LogP contribution in [-0.2, 0) is 4.79 Å². The van der Waals surface area contributed by atoms with Crippen LogP contribution >= 0.6 is 0 Å². The number of fused-ring (bicyclic) bond motifs is 1. The molecule has 0 aromatic heterocycles. The van der Waals surface area contributed by atoms with E-state index in [1.807, 2.05) is 31.2 Å². The van der Waals surface area contributed by atoms with E-state index in [-0.39, 0.29) is 17.9 Å². The number of hydrogen-bond acceptors (Lipinski definition) is 3. The number of para-hydroxylation sites is 1. The van der Waals surface area contributed by atoms with Crippen LogP contribution in [-0.4, -0.2) is 25.1 Å². The van der Waals surface area contributed by atoms with E-state index >= 15 is 0 Å². The zero-order chi connectivity index (χ0) is 13.0. The quantitative estimate of drug-likeness (QED) is 0.828. The highest BCUT2D eigenvalue weighted by molar-refractivity contribution is 5.85. The van der Waals surface area contributed by atoms with Gasteiger partial charge in [0.05, 0.1) is 0 Å². The smallest absolute Gasteiger partial charge is 0.231 e. The topological polar surface area (TPSA) is 64.3 Å². The predicted octanol–water partition coefficient (Wildman–Crippen LogP) is 1.41. The molecule has 0 fully saturated rings. The summed E-state index contributed by atoms with van der Waals surface area (Å²) in [7, 11) is 0. The van der Waals surface area contributed by atoms with Crippen molar-refractivity contribution in [2.45, 2.75) is 31.7 Å². The first-order valence-corrected chi connectivity index (χ1v) is 6.44. The largest absolute Gasteiger partial charge is 0.492 e. The van der Waals surface area contributed by atoms with E-state index in [1.54, 1.807) is 0 Å². The molecule has 0 aliphatic carbocycles. The number of nitrogens with two attached hydrogens (primary N) is 1. The Morgan fingerprint density at radius 3 is 3.11 bits per heavy atom. The van der Waals surface area contributed by atoms with Crippen LogP contribution in [0, 0.1) is 0 Å². The molecule has 0 radical (unpaired) electrons. The Labute approximate surface area is 108 Å². The second-order valence-corrected chi connectivity index (χ2v) is 4.74. The van der Waals surface area contributed by atoms with E-state index in [2.05, 4.69) is 5.32 Å². The fourth-order valence-corrected chi connectivity index (χ4v) is 2.22. The van der Waals surface area contributed by atoms with E-state index in [4.69, 9.17) is 10.5 Å². The van der Waals surface area contributed by atoms with Gasteiger partial charge in [-0.05, 0) is 32.4 Å². The minimum Gasteiger partial charge on any atom is -0.492 e. The fourth-order valence-electron chi connectivity index (χ4n) is 2.22. The van der Waals surface area contributed by atoms with Gasteiger partial charge in [0.1, 0.15) is 18.3 Å². The van der Waals surface area contributed by atoms with Gasteiger partial charge in [-0.2, -0.15) is 0 Å². The minimum absolute atomic E-state index is 0.0458. The van der Waals surface area contributed by atoms with Gasteiger partial charge in [0.25, 0.3) is 0 Å². The SMILES string of the molecule is CC(CCCN)NC(=O)C1COc2ccccc21. The van der Waals surface area contributed by atoms with Crippen molar-refractivity contribution in [3.05, 3.63) is 29.8 Å². The summed E-state index contributed by atoms with van der Waals surface area (Å²) < 4.78 is 5.51. The van der Waals surface area contributed by atoms with Gasteiger partial charge in [-0.3, -0.25) is 4.79 Å². The van der Waals surface area contributed by atoms with Crippen LogP contribution in [0.1, 0.15) is 31.2 Å². The summed E-state index contributed by atoms with van der Waals surface area (Å²) in [6, 6.07) is 7.88. The first kappa shape index (κ1) is 12.9. The monoisotopic (exact) mass is 248 g/mol. The van der Waals surface area contributed by atoms with Gasteiger partial charge in [-0.25, -0.2) is 0 Å². The van der Waals surface area contributed by atoms with Crippen molar-refractivity contribution in [1.82, 2.24) is 5.32 Å². The van der Waals surface area contributed by atoms with Crippen molar-refractivity contribution >= 4 is 5.91 Å². The highest BCUT2D eigenvalue weighted by atomic mass is 16.5. The molecule has 0 bridgehead atoms. The molecule has 2 rings (SSSR count). The molecule has 1 amide bonds. The molecule has 4 heteroatoms. The van der Waals surface area contributed by atoms with Crippen LogP contribution in [0.5, 0.6) is 5.75 Å². The average Bonchev–Trinajstić information content (AvgIpc) is 2.80. The van der Waals surface area contributed by atoms with E-state index in [0.717, 1.165) is 24.2 Å². The third-order valence-electron chi connectivity index (χ3n) is 3.25. The fraction of sp³-hybridized carbons (Fsp3) is 0.500. The van der Waals surface area contributed by atoms with Crippen molar-refractivity contribution in [1.29, 1.82) is 0 Å². The molecule has 2 unspecified atom stereocenters. The van der Waals surface area contributed by atoms with E-state index in [1.165, 1.54) is 0 Å². The van der Waals surface area contributed by atoms with Gasteiger partial charge < -0.3 is 15.8 Å². The maximum atomic E-state index is 12.2. The number of nitrogens with one attached hydrogen (secondary N) is 1. The number of carbonyl (C=O) groups is 1. The van der Waals surface area contributed by atoms with Crippen LogP contribution in [0.2, 0.25) is 0 Å². The molecule has 2 atom stereocenters. The summed E-state index contributed by atoms with van der Waals surface area (Å²) in [5.41, 5.74) is 6.45. The lowest BCUT2D eigenvalue weighted by molar-refractivity contribution is -0.123. The molecule has 0 spiro atoms. The number of carbonyl (C=O) groups excluding carboxylic acids is 1. The Morgan fingerprint density at radius 2 is 2.33 bits per heavy atom. The van der Waals surface area contributed by atoms with Crippen LogP contribution in [0.25, 0.3) is 0 Å². The maximum Gasteiger partial charge on any atom is 0.231 e. The van der Waals surface area contributed by atoms with Crippen LogP contribution in [0.3, 0.4) is 0 Å². The van der Waals surface area contributed by atoms with Crippen molar-refractivity contribution in [3.8, 4) is 5.75 Å². The summed E-state index contributed by atoms with van der Waals surface area (Å²) >= 11 is 0. The molecular formula is C14H20N2O2. The lowest BCUT2D eigenvalue weighted by Gasteiger charge is -2.16. The van der Waals surface area contributed by atoms with Gasteiger partial charge >= 0.3 is 0 Å². The van der Waals surface area contributed by atoms with Gasteiger partial charge in [-0.15, -0.1) is 0 Å². The van der Waals surface area contributed by atoms with Crippen LogP contribution in [0.15, 0.2) is 24.3 Å². The molecule has 1 aliphatic heterocycles. The molecule has 1 aliphatic rings. The Balaban J connectivity index is 1.95. The summed E-state index contributed by atoms with van der Waals surface area (Å²) in [4.78, 5) is 12.2. The van der Waals surface area contributed by atoms with E-state index in [0.29, 0.717) is 13.2 Å². The Morgan fingerprint density at radius 1 is 1.56 bits per heavy atom. The number of benzene rings is 1. The second-order valence-electron chi connectivity index (χ2n) is 4.74. The number of hydrogen-bond donors (Lipinski definition) is 2. The molecule has 1 heterocycles. The molecule has 3 N–H and O–H groups in total. The normalized spacial score (nSPS) is 18.9. The van der Waals surface area contributed by atoms with Crippen molar-refractivity contribution in [3.63, 3.8) is 0 Å². The Bertz CT molecular complexity index is 420. The third-order valence-corrected chi connectivity index (χ3v) is 3.25.